The highest BCUT2D eigenvalue weighted by Crippen LogP contribution is 2.37. The van der Waals surface area contributed by atoms with Crippen LogP contribution in [0.5, 0.6) is 11.5 Å². The number of benzene rings is 1. The van der Waals surface area contributed by atoms with Gasteiger partial charge in [0, 0.05) is 5.33 Å². The first-order chi connectivity index (χ1) is 7.08. The second kappa shape index (κ2) is 5.61. The second-order valence-electron chi connectivity index (χ2n) is 3.41. The van der Waals surface area contributed by atoms with Crippen LogP contribution in [0.4, 0.5) is 0 Å². The van der Waals surface area contributed by atoms with E-state index >= 15 is 0 Å². The number of hydrogen-bond donors (Lipinski definition) is 0. The molecule has 1 rings (SSSR count). The molecule has 1 aromatic rings. The zero-order valence-electron chi connectivity index (χ0n) is 9.01. The molecule has 0 aliphatic rings. The van der Waals surface area contributed by atoms with Crippen LogP contribution in [0.3, 0.4) is 0 Å². The molecule has 0 spiro atoms. The van der Waals surface area contributed by atoms with Crippen LogP contribution < -0.4 is 9.47 Å². The van der Waals surface area contributed by atoms with E-state index in [2.05, 4.69) is 15.9 Å². The van der Waals surface area contributed by atoms with Crippen LogP contribution in [0.15, 0.2) is 12.1 Å². The minimum atomic E-state index is 0.0752. The predicted molar refractivity (Wildman–Crippen MR) is 66.4 cm³/mol. The quantitative estimate of drug-likeness (QED) is 0.780. The monoisotopic (exact) mass is 292 g/mol. The molecule has 0 aliphatic carbocycles. The zero-order valence-corrected chi connectivity index (χ0v) is 11.4. The summed E-state index contributed by atoms with van der Waals surface area (Å²) >= 11 is 9.49. The van der Waals surface area contributed by atoms with Crippen LogP contribution in [-0.4, -0.2) is 13.2 Å². The zero-order chi connectivity index (χ0) is 11.4. The van der Waals surface area contributed by atoms with Crippen LogP contribution in [0.2, 0.25) is 5.02 Å². The van der Waals surface area contributed by atoms with Gasteiger partial charge in [0.05, 0.1) is 18.2 Å². The molecule has 0 unspecified atom stereocenters. The standard InChI is InChI=1S/C11H14BrClO2/c1-7(2)15-11-9(13)4-8(6-12)5-10(11)14-3/h4-5,7H,6H2,1-3H3. The third kappa shape index (κ3) is 3.28. The lowest BCUT2D eigenvalue weighted by molar-refractivity contribution is 0.230. The van der Waals surface area contributed by atoms with Crippen LogP contribution in [-0.2, 0) is 5.33 Å². The fourth-order valence-corrected chi connectivity index (χ4v) is 1.80. The Hall–Kier alpha value is -0.410. The fraction of sp³-hybridized carbons (Fsp3) is 0.455. The number of rotatable bonds is 4. The summed E-state index contributed by atoms with van der Waals surface area (Å²) in [6.45, 7) is 3.91. The molecule has 0 bridgehead atoms. The molecule has 84 valence electrons. The molecule has 0 amide bonds. The number of methoxy groups -OCH3 is 1. The topological polar surface area (TPSA) is 18.5 Å². The molecule has 0 fully saturated rings. The summed E-state index contributed by atoms with van der Waals surface area (Å²) in [5.41, 5.74) is 1.06. The summed E-state index contributed by atoms with van der Waals surface area (Å²) in [6, 6.07) is 3.79. The Bertz CT molecular complexity index is 340. The lowest BCUT2D eigenvalue weighted by Crippen LogP contribution is -2.07. The van der Waals surface area contributed by atoms with Gasteiger partial charge in [-0.05, 0) is 31.5 Å². The normalized spacial score (nSPS) is 10.5. The molecule has 0 heterocycles. The van der Waals surface area contributed by atoms with E-state index in [1.165, 1.54) is 0 Å². The molecular formula is C11H14BrClO2. The van der Waals surface area contributed by atoms with Crippen molar-refractivity contribution in [1.29, 1.82) is 0 Å². The van der Waals surface area contributed by atoms with Crippen molar-refractivity contribution in [3.05, 3.63) is 22.7 Å². The molecule has 0 radical (unpaired) electrons. The molecule has 2 nitrogen and oxygen atoms in total. The maximum absolute atomic E-state index is 6.11. The van der Waals surface area contributed by atoms with Gasteiger partial charge >= 0.3 is 0 Å². The highest BCUT2D eigenvalue weighted by molar-refractivity contribution is 9.08. The SMILES string of the molecule is COc1cc(CBr)cc(Cl)c1OC(C)C. The van der Waals surface area contributed by atoms with Gasteiger partial charge in [0.1, 0.15) is 0 Å². The highest BCUT2D eigenvalue weighted by Gasteiger charge is 2.12. The summed E-state index contributed by atoms with van der Waals surface area (Å²) in [6.07, 6.45) is 0.0752. The number of ether oxygens (including phenoxy) is 2. The van der Waals surface area contributed by atoms with Crippen molar-refractivity contribution in [1.82, 2.24) is 0 Å². The Labute approximate surface area is 104 Å². The van der Waals surface area contributed by atoms with Crippen molar-refractivity contribution in [2.75, 3.05) is 7.11 Å². The van der Waals surface area contributed by atoms with Crippen molar-refractivity contribution < 1.29 is 9.47 Å². The van der Waals surface area contributed by atoms with E-state index in [0.29, 0.717) is 16.5 Å². The first-order valence-corrected chi connectivity index (χ1v) is 6.17. The van der Waals surface area contributed by atoms with Crippen molar-refractivity contribution in [2.45, 2.75) is 25.3 Å². The Morgan fingerprint density at radius 3 is 2.53 bits per heavy atom. The Kier molecular flexibility index (Phi) is 4.74. The molecule has 0 aliphatic heterocycles. The lowest BCUT2D eigenvalue weighted by Gasteiger charge is -2.15. The van der Waals surface area contributed by atoms with Crippen molar-refractivity contribution >= 4 is 27.5 Å². The molecule has 1 aromatic carbocycles. The Balaban J connectivity index is 3.12. The van der Waals surface area contributed by atoms with Crippen molar-refractivity contribution in [2.24, 2.45) is 0 Å². The predicted octanol–water partition coefficient (Wildman–Crippen LogP) is 4.03. The Morgan fingerprint density at radius 2 is 2.07 bits per heavy atom. The minimum Gasteiger partial charge on any atom is -0.493 e. The first-order valence-electron chi connectivity index (χ1n) is 4.67. The van der Waals surface area contributed by atoms with Crippen molar-refractivity contribution in [3.63, 3.8) is 0 Å². The smallest absolute Gasteiger partial charge is 0.180 e. The van der Waals surface area contributed by atoms with Gasteiger partial charge in [-0.25, -0.2) is 0 Å². The van der Waals surface area contributed by atoms with E-state index < -0.39 is 0 Å². The molecule has 15 heavy (non-hydrogen) atoms. The summed E-state index contributed by atoms with van der Waals surface area (Å²) in [7, 11) is 1.61. The van der Waals surface area contributed by atoms with E-state index in [-0.39, 0.29) is 6.10 Å². The first kappa shape index (κ1) is 12.7. The van der Waals surface area contributed by atoms with E-state index in [1.54, 1.807) is 7.11 Å². The molecule has 0 saturated heterocycles. The maximum atomic E-state index is 6.11. The van der Waals surface area contributed by atoms with Gasteiger partial charge in [0.2, 0.25) is 0 Å². The largest absolute Gasteiger partial charge is 0.493 e. The van der Waals surface area contributed by atoms with Gasteiger partial charge in [-0.2, -0.15) is 0 Å². The third-order valence-corrected chi connectivity index (χ3v) is 2.73. The van der Waals surface area contributed by atoms with Gasteiger partial charge in [-0.3, -0.25) is 0 Å². The summed E-state index contributed by atoms with van der Waals surface area (Å²) in [5.74, 6) is 1.28. The molecule has 0 atom stereocenters. The average molecular weight is 294 g/mol. The van der Waals surface area contributed by atoms with Crippen LogP contribution in [0, 0.1) is 0 Å². The van der Waals surface area contributed by atoms with E-state index in [1.807, 2.05) is 26.0 Å². The lowest BCUT2D eigenvalue weighted by atomic mass is 10.2. The van der Waals surface area contributed by atoms with Crippen LogP contribution >= 0.6 is 27.5 Å². The fourth-order valence-electron chi connectivity index (χ4n) is 1.20. The van der Waals surface area contributed by atoms with Crippen molar-refractivity contribution in [3.8, 4) is 11.5 Å². The second-order valence-corrected chi connectivity index (χ2v) is 4.38. The molecular weight excluding hydrogens is 279 g/mol. The van der Waals surface area contributed by atoms with E-state index in [0.717, 1.165) is 10.9 Å². The average Bonchev–Trinajstić information content (AvgIpc) is 2.20. The van der Waals surface area contributed by atoms with Gasteiger partial charge in [0.25, 0.3) is 0 Å². The number of alkyl halides is 1. The highest BCUT2D eigenvalue weighted by atomic mass is 79.9. The summed E-state index contributed by atoms with van der Waals surface area (Å²) in [5, 5.41) is 1.32. The Morgan fingerprint density at radius 1 is 1.40 bits per heavy atom. The minimum absolute atomic E-state index is 0.0752. The summed E-state index contributed by atoms with van der Waals surface area (Å²) in [4.78, 5) is 0. The number of halogens is 2. The van der Waals surface area contributed by atoms with E-state index in [9.17, 15) is 0 Å². The molecule has 0 saturated carbocycles. The van der Waals surface area contributed by atoms with Gasteiger partial charge < -0.3 is 9.47 Å². The number of hydrogen-bond acceptors (Lipinski definition) is 2. The van der Waals surface area contributed by atoms with Crippen LogP contribution in [0.1, 0.15) is 19.4 Å². The van der Waals surface area contributed by atoms with E-state index in [4.69, 9.17) is 21.1 Å². The van der Waals surface area contributed by atoms with Crippen LogP contribution in [0.25, 0.3) is 0 Å². The van der Waals surface area contributed by atoms with Gasteiger partial charge in [-0.15, -0.1) is 0 Å². The van der Waals surface area contributed by atoms with Gasteiger partial charge in [0.15, 0.2) is 11.5 Å². The molecule has 4 heteroatoms. The third-order valence-electron chi connectivity index (χ3n) is 1.80. The maximum Gasteiger partial charge on any atom is 0.180 e. The summed E-state index contributed by atoms with van der Waals surface area (Å²) < 4.78 is 10.8. The van der Waals surface area contributed by atoms with Gasteiger partial charge in [-0.1, -0.05) is 27.5 Å². The molecule has 0 aromatic heterocycles. The molecule has 0 N–H and O–H groups in total.